The summed E-state index contributed by atoms with van der Waals surface area (Å²) in [6, 6.07) is 27.7. The highest BCUT2D eigenvalue weighted by molar-refractivity contribution is 7.85. The van der Waals surface area contributed by atoms with E-state index in [4.69, 9.17) is 27.8 Å². The summed E-state index contributed by atoms with van der Waals surface area (Å²) >= 11 is 12.5. The smallest absolute Gasteiger partial charge is 0.266 e. The first-order valence-corrected chi connectivity index (χ1v) is 18.0. The van der Waals surface area contributed by atoms with Gasteiger partial charge in [0.25, 0.3) is 16.0 Å². The molecule has 2 amide bonds. The van der Waals surface area contributed by atoms with Gasteiger partial charge in [0.15, 0.2) is 0 Å². The molecule has 4 aromatic carbocycles. The maximum Gasteiger partial charge on any atom is 0.266 e. The third-order valence-corrected chi connectivity index (χ3v) is 9.11. The number of carbonyl (C=O) groups excluding carboxylic acids is 2. The summed E-state index contributed by atoms with van der Waals surface area (Å²) in [4.78, 5) is 26.7. The molecule has 0 heterocycles. The predicted octanol–water partition coefficient (Wildman–Crippen LogP) is 9.25. The van der Waals surface area contributed by atoms with Gasteiger partial charge in [-0.1, -0.05) is 118 Å². The summed E-state index contributed by atoms with van der Waals surface area (Å²) in [7, 11) is -4.19. The number of rotatable bonds is 12. The van der Waals surface area contributed by atoms with Crippen molar-refractivity contribution in [2.45, 2.75) is 46.0 Å². The second-order valence-electron chi connectivity index (χ2n) is 12.7. The van der Waals surface area contributed by atoms with Crippen LogP contribution in [0, 0.1) is 5.41 Å². The molecule has 4 rings (SSSR count). The monoisotopic (exact) mass is 706 g/mol. The number of nitrogens with one attached hydrogen (secondary N) is 2. The highest BCUT2D eigenvalue weighted by Gasteiger charge is 2.30. The fraction of sp³-hybridized carbons (Fsp3) is 0.263. The van der Waals surface area contributed by atoms with Crippen LogP contribution in [-0.2, 0) is 14.9 Å². The number of hydrogen-bond donors (Lipinski definition) is 3. The third-order valence-electron chi connectivity index (χ3n) is 7.84. The second kappa shape index (κ2) is 16.0. The highest BCUT2D eigenvalue weighted by atomic mass is 35.5. The quantitative estimate of drug-likeness (QED) is 0.127. The van der Waals surface area contributed by atoms with Crippen molar-refractivity contribution in [3.8, 4) is 11.1 Å². The fourth-order valence-electron chi connectivity index (χ4n) is 5.34. The molecule has 0 saturated carbocycles. The molecule has 2 atom stereocenters. The zero-order valence-corrected chi connectivity index (χ0v) is 29.7. The van der Waals surface area contributed by atoms with Crippen molar-refractivity contribution in [1.29, 1.82) is 0 Å². The van der Waals surface area contributed by atoms with Gasteiger partial charge in [0.05, 0.1) is 11.7 Å². The van der Waals surface area contributed by atoms with Gasteiger partial charge < -0.3 is 10.6 Å². The van der Waals surface area contributed by atoms with E-state index in [-0.39, 0.29) is 23.8 Å². The largest absolute Gasteiger partial charge is 0.351 e. The normalized spacial score (nSPS) is 13.2. The molecule has 0 aromatic heterocycles. The van der Waals surface area contributed by atoms with Crippen molar-refractivity contribution in [1.82, 2.24) is 5.32 Å². The zero-order chi connectivity index (χ0) is 35.1. The molecule has 2 unspecified atom stereocenters. The summed E-state index contributed by atoms with van der Waals surface area (Å²) < 4.78 is 30.9. The molecule has 7 nitrogen and oxygen atoms in total. The van der Waals surface area contributed by atoms with Crippen molar-refractivity contribution >= 4 is 56.9 Å². The summed E-state index contributed by atoms with van der Waals surface area (Å²) in [6.07, 6.45) is 4.85. The van der Waals surface area contributed by atoms with E-state index in [0.29, 0.717) is 27.7 Å². The Balaban J connectivity index is 1.62. The Kier molecular flexibility index (Phi) is 12.3. The number of carbonyl (C=O) groups is 2. The van der Waals surface area contributed by atoms with Crippen LogP contribution in [0.5, 0.6) is 0 Å². The van der Waals surface area contributed by atoms with Gasteiger partial charge in [-0.25, -0.2) is 0 Å². The van der Waals surface area contributed by atoms with Crippen LogP contribution < -0.4 is 10.6 Å². The van der Waals surface area contributed by atoms with Crippen LogP contribution in [0.2, 0.25) is 10.0 Å². The van der Waals surface area contributed by atoms with E-state index in [0.717, 1.165) is 27.8 Å². The second-order valence-corrected chi connectivity index (χ2v) is 15.1. The van der Waals surface area contributed by atoms with Gasteiger partial charge in [-0.15, -0.1) is 0 Å². The van der Waals surface area contributed by atoms with Crippen LogP contribution in [0.3, 0.4) is 0 Å². The predicted molar refractivity (Wildman–Crippen MR) is 196 cm³/mol. The summed E-state index contributed by atoms with van der Waals surface area (Å²) in [5, 5.41) is 6.69. The first kappa shape index (κ1) is 36.9. The molecule has 0 radical (unpaired) electrons. The Morgan fingerprint density at radius 2 is 1.50 bits per heavy atom. The molecular formula is C38H40Cl2N2O5S. The number of anilines is 1. The molecule has 0 aliphatic heterocycles. The minimum absolute atomic E-state index is 0.0302. The fourth-order valence-corrected chi connectivity index (χ4v) is 6.22. The van der Waals surface area contributed by atoms with Crippen molar-refractivity contribution in [2.24, 2.45) is 5.41 Å². The van der Waals surface area contributed by atoms with Crippen molar-refractivity contribution in [3.63, 3.8) is 0 Å². The molecule has 0 aliphatic rings. The standard InChI is InChI=1S/C38H40Cl2N2O5S/c1-5-32(26-10-12-29(13-11-26)36(43)41-22-23-48(45,46)47)35(28-8-6-25(7-9-28)20-21-38(2,3)4)37(44)42-31-17-14-27(15-18-31)33-19-16-30(39)24-34(33)40/h6-21,24,32,35H,5,22-23H2,1-4H3,(H,41,43)(H,42,44)(H,45,46,47)/b21-20+. The molecule has 4 aromatic rings. The van der Waals surface area contributed by atoms with Crippen LogP contribution in [-0.4, -0.2) is 37.1 Å². The minimum Gasteiger partial charge on any atom is -0.351 e. The summed E-state index contributed by atoms with van der Waals surface area (Å²) in [6.45, 7) is 8.21. The SMILES string of the molecule is CCC(c1ccc(C(=O)NCCS(=O)(=O)O)cc1)C(C(=O)Nc1ccc(-c2ccc(Cl)cc2Cl)cc1)c1ccc(/C=C/C(C)(C)C)cc1. The molecular weight excluding hydrogens is 667 g/mol. The van der Waals surface area contributed by atoms with Gasteiger partial charge in [-0.05, 0) is 76.4 Å². The Hall–Kier alpha value is -3.95. The van der Waals surface area contributed by atoms with Crippen LogP contribution in [0.25, 0.3) is 17.2 Å². The number of allylic oxidation sites excluding steroid dienone is 1. The van der Waals surface area contributed by atoms with Gasteiger partial charge in [0.1, 0.15) is 0 Å². The van der Waals surface area contributed by atoms with Gasteiger partial charge >= 0.3 is 0 Å². The Labute approximate surface area is 293 Å². The van der Waals surface area contributed by atoms with Crippen LogP contribution in [0.4, 0.5) is 5.69 Å². The molecule has 0 fully saturated rings. The van der Waals surface area contributed by atoms with E-state index in [2.05, 4.69) is 43.6 Å². The molecule has 252 valence electrons. The topological polar surface area (TPSA) is 113 Å². The summed E-state index contributed by atoms with van der Waals surface area (Å²) in [5.74, 6) is -2.01. The lowest BCUT2D eigenvalue weighted by Crippen LogP contribution is -2.29. The van der Waals surface area contributed by atoms with Crippen molar-refractivity contribution in [2.75, 3.05) is 17.6 Å². The van der Waals surface area contributed by atoms with E-state index in [1.165, 1.54) is 0 Å². The highest BCUT2D eigenvalue weighted by Crippen LogP contribution is 2.38. The molecule has 0 aliphatic carbocycles. The minimum atomic E-state index is -4.19. The lowest BCUT2D eigenvalue weighted by molar-refractivity contribution is -0.118. The van der Waals surface area contributed by atoms with Crippen molar-refractivity contribution in [3.05, 3.63) is 129 Å². The molecule has 0 saturated heterocycles. The number of benzene rings is 4. The van der Waals surface area contributed by atoms with Crippen LogP contribution in [0.1, 0.15) is 73.0 Å². The van der Waals surface area contributed by atoms with Gasteiger partial charge in [0.2, 0.25) is 5.91 Å². The lowest BCUT2D eigenvalue weighted by Gasteiger charge is -2.27. The lowest BCUT2D eigenvalue weighted by atomic mass is 9.78. The van der Waals surface area contributed by atoms with E-state index in [1.807, 2.05) is 73.7 Å². The average Bonchev–Trinajstić information content (AvgIpc) is 3.02. The van der Waals surface area contributed by atoms with E-state index >= 15 is 0 Å². The first-order chi connectivity index (χ1) is 22.6. The van der Waals surface area contributed by atoms with Gasteiger partial charge in [-0.3, -0.25) is 14.1 Å². The third kappa shape index (κ3) is 10.5. The van der Waals surface area contributed by atoms with Crippen LogP contribution in [0.15, 0.2) is 97.1 Å². The average molecular weight is 708 g/mol. The molecule has 0 bridgehead atoms. The maximum absolute atomic E-state index is 14.2. The maximum atomic E-state index is 14.2. The molecule has 0 spiro atoms. The number of amides is 2. The van der Waals surface area contributed by atoms with Crippen molar-refractivity contribution < 1.29 is 22.6 Å². The summed E-state index contributed by atoms with van der Waals surface area (Å²) in [5.41, 5.74) is 5.47. The van der Waals surface area contributed by atoms with Gasteiger partial charge in [0, 0.05) is 33.4 Å². The van der Waals surface area contributed by atoms with Gasteiger partial charge in [-0.2, -0.15) is 8.42 Å². The molecule has 3 N–H and O–H groups in total. The zero-order valence-electron chi connectivity index (χ0n) is 27.3. The Morgan fingerprint density at radius 3 is 2.06 bits per heavy atom. The van der Waals surface area contributed by atoms with Crippen LogP contribution >= 0.6 is 23.2 Å². The number of halogens is 2. The van der Waals surface area contributed by atoms with E-state index in [1.54, 1.807) is 24.3 Å². The first-order valence-electron chi connectivity index (χ1n) is 15.6. The Bertz CT molecular complexity index is 1870. The number of hydrogen-bond acceptors (Lipinski definition) is 4. The molecule has 10 heteroatoms. The van der Waals surface area contributed by atoms with E-state index in [9.17, 15) is 18.0 Å². The van der Waals surface area contributed by atoms with E-state index < -0.39 is 27.7 Å². The molecule has 48 heavy (non-hydrogen) atoms. The Morgan fingerprint density at radius 1 is 0.875 bits per heavy atom.